The first kappa shape index (κ1) is 34.9. The van der Waals surface area contributed by atoms with Gasteiger partial charge in [-0.05, 0) is 93.0 Å². The molecule has 274 valence electrons. The number of aliphatic imine (C=N–C) groups is 1. The molecule has 0 radical (unpaired) electrons. The van der Waals surface area contributed by atoms with E-state index in [0.717, 1.165) is 33.4 Å². The number of fused-ring (bicyclic) bond motifs is 6. The van der Waals surface area contributed by atoms with E-state index in [0.29, 0.717) is 11.3 Å². The molecule has 0 spiro atoms. The van der Waals surface area contributed by atoms with Crippen molar-refractivity contribution in [2.24, 2.45) is 10.7 Å². The van der Waals surface area contributed by atoms with Gasteiger partial charge in [0.2, 0.25) is 0 Å². The lowest BCUT2D eigenvalue weighted by Gasteiger charge is -2.33. The second-order valence-electron chi connectivity index (χ2n) is 14.8. The molecule has 0 amide bonds. The van der Waals surface area contributed by atoms with Crippen LogP contribution in [-0.2, 0) is 5.41 Å². The van der Waals surface area contributed by atoms with E-state index < -0.39 is 11.6 Å². The van der Waals surface area contributed by atoms with Crippen LogP contribution in [0.1, 0.15) is 50.7 Å². The molecular formula is C54H38N4. The van der Waals surface area contributed by atoms with E-state index in [1.165, 1.54) is 44.2 Å². The Morgan fingerprint density at radius 1 is 0.586 bits per heavy atom. The Morgan fingerprint density at radius 2 is 1.26 bits per heavy atom. The van der Waals surface area contributed by atoms with E-state index in [9.17, 15) is 5.26 Å². The Kier molecular flexibility index (Phi) is 8.71. The van der Waals surface area contributed by atoms with Crippen molar-refractivity contribution in [1.82, 2.24) is 4.57 Å². The Bertz CT molecular complexity index is 3040. The molecular weight excluding hydrogens is 705 g/mol. The number of allylic oxidation sites excluding steroid dienone is 1. The van der Waals surface area contributed by atoms with Gasteiger partial charge in [-0.25, -0.2) is 0 Å². The second-order valence-corrected chi connectivity index (χ2v) is 14.8. The van der Waals surface area contributed by atoms with Crippen LogP contribution >= 0.6 is 0 Å². The fourth-order valence-electron chi connectivity index (χ4n) is 8.95. The number of benzene rings is 8. The second kappa shape index (κ2) is 14.5. The van der Waals surface area contributed by atoms with Crippen molar-refractivity contribution in [3.63, 3.8) is 0 Å². The number of rotatable bonds is 8. The van der Waals surface area contributed by atoms with Gasteiger partial charge < -0.3 is 10.3 Å². The minimum Gasteiger partial charge on any atom is -0.309 e. The largest absolute Gasteiger partial charge is 0.309 e. The Hall–Kier alpha value is -7.58. The third-order valence-corrected chi connectivity index (χ3v) is 11.5. The predicted octanol–water partition coefficient (Wildman–Crippen LogP) is 12.2. The van der Waals surface area contributed by atoms with Crippen LogP contribution in [0.4, 0.5) is 0 Å². The minimum absolute atomic E-state index is 0.490. The molecule has 0 bridgehead atoms. The lowest BCUT2D eigenvalue weighted by molar-refractivity contribution is 0.769. The van der Waals surface area contributed by atoms with E-state index in [4.69, 9.17) is 10.7 Å². The molecule has 2 N–H and O–H groups in total. The molecule has 0 fully saturated rings. The molecule has 0 saturated carbocycles. The molecule has 0 saturated heterocycles. The van der Waals surface area contributed by atoms with Gasteiger partial charge in [0.1, 0.15) is 6.17 Å². The number of nitriles is 1. The van der Waals surface area contributed by atoms with Crippen LogP contribution in [0.5, 0.6) is 0 Å². The maximum absolute atomic E-state index is 9.68. The number of aromatic nitrogens is 1. The van der Waals surface area contributed by atoms with Crippen LogP contribution in [0.3, 0.4) is 0 Å². The maximum Gasteiger partial charge on any atom is 0.123 e. The summed E-state index contributed by atoms with van der Waals surface area (Å²) in [6.07, 6.45) is 3.34. The van der Waals surface area contributed by atoms with Crippen molar-refractivity contribution < 1.29 is 0 Å². The molecule has 1 aliphatic rings. The zero-order valence-electron chi connectivity index (χ0n) is 31.7. The summed E-state index contributed by atoms with van der Waals surface area (Å²) in [6.45, 7) is 0. The number of hydrogen-bond acceptors (Lipinski definition) is 3. The van der Waals surface area contributed by atoms with Gasteiger partial charge in [-0.1, -0.05) is 164 Å². The summed E-state index contributed by atoms with van der Waals surface area (Å²) in [5.41, 5.74) is 21.3. The molecule has 10 rings (SSSR count). The molecule has 1 aliphatic carbocycles. The zero-order valence-corrected chi connectivity index (χ0v) is 31.7. The van der Waals surface area contributed by atoms with E-state index in [2.05, 4.69) is 150 Å². The third kappa shape index (κ3) is 5.77. The highest BCUT2D eigenvalue weighted by atomic mass is 15.0. The van der Waals surface area contributed by atoms with Crippen LogP contribution in [0, 0.1) is 11.3 Å². The monoisotopic (exact) mass is 742 g/mol. The summed E-state index contributed by atoms with van der Waals surface area (Å²) in [7, 11) is 0. The summed E-state index contributed by atoms with van der Waals surface area (Å²) >= 11 is 0. The smallest absolute Gasteiger partial charge is 0.123 e. The van der Waals surface area contributed by atoms with Crippen molar-refractivity contribution in [2.75, 3.05) is 0 Å². The molecule has 9 aromatic rings. The molecule has 1 atom stereocenters. The highest BCUT2D eigenvalue weighted by Gasteiger charge is 2.46. The number of hydrogen-bond donors (Lipinski definition) is 1. The number of nitrogens with two attached hydrogens (primary N) is 1. The summed E-state index contributed by atoms with van der Waals surface area (Å²) in [4.78, 5) is 5.09. The van der Waals surface area contributed by atoms with Crippen molar-refractivity contribution >= 4 is 33.6 Å². The molecule has 1 aromatic heterocycles. The van der Waals surface area contributed by atoms with E-state index in [1.54, 1.807) is 6.07 Å². The fourth-order valence-corrected chi connectivity index (χ4v) is 8.95. The minimum atomic E-state index is -0.664. The first-order valence-corrected chi connectivity index (χ1v) is 19.6. The molecule has 4 nitrogen and oxygen atoms in total. The van der Waals surface area contributed by atoms with Gasteiger partial charge in [-0.3, -0.25) is 4.99 Å². The quantitative estimate of drug-likeness (QED) is 0.158. The van der Waals surface area contributed by atoms with E-state index >= 15 is 0 Å². The highest BCUT2D eigenvalue weighted by molar-refractivity contribution is 6.12. The first-order valence-electron chi connectivity index (χ1n) is 19.6. The van der Waals surface area contributed by atoms with Crippen LogP contribution in [-0.4, -0.2) is 10.3 Å². The Morgan fingerprint density at radius 3 is 2.02 bits per heavy atom. The number of para-hydroxylation sites is 1. The zero-order chi connectivity index (χ0) is 39.1. The fraction of sp³-hybridized carbons (Fsp3) is 0.0370. The molecule has 58 heavy (non-hydrogen) atoms. The van der Waals surface area contributed by atoms with Gasteiger partial charge in [0, 0.05) is 22.0 Å². The third-order valence-electron chi connectivity index (χ3n) is 11.5. The van der Waals surface area contributed by atoms with Crippen molar-refractivity contribution in [1.29, 1.82) is 5.26 Å². The van der Waals surface area contributed by atoms with Crippen molar-refractivity contribution in [3.05, 3.63) is 251 Å². The lowest BCUT2D eigenvalue weighted by atomic mass is 9.67. The van der Waals surface area contributed by atoms with Crippen molar-refractivity contribution in [2.45, 2.75) is 11.6 Å². The topological polar surface area (TPSA) is 67.1 Å². The summed E-state index contributed by atoms with van der Waals surface area (Å²) in [5.74, 6) is 0. The maximum atomic E-state index is 9.68. The normalized spacial score (nSPS) is 13.7. The predicted molar refractivity (Wildman–Crippen MR) is 238 cm³/mol. The van der Waals surface area contributed by atoms with E-state index in [-0.39, 0.29) is 0 Å². The lowest BCUT2D eigenvalue weighted by Crippen LogP contribution is -2.28. The number of nitrogens with zero attached hydrogens (tertiary/aromatic N) is 3. The van der Waals surface area contributed by atoms with Crippen LogP contribution in [0.2, 0.25) is 0 Å². The van der Waals surface area contributed by atoms with E-state index in [1.807, 2.05) is 66.7 Å². The van der Waals surface area contributed by atoms with Crippen LogP contribution in [0.25, 0.3) is 44.7 Å². The Balaban J connectivity index is 1.15. The molecule has 1 heterocycles. The SMILES string of the molecule is N#Cc1cccc(C(/C=C/c2ccccc2)=N/C(N)c2cccc(-n3c4ccccc4c4cc5c(cc43)-c3ccccc3C5(c3ccccc3)c3ccccc3)c2)c1. The van der Waals surface area contributed by atoms with Gasteiger partial charge in [0.05, 0.1) is 33.8 Å². The van der Waals surface area contributed by atoms with Gasteiger partial charge in [-0.15, -0.1) is 0 Å². The summed E-state index contributed by atoms with van der Waals surface area (Å²) in [5, 5.41) is 12.1. The standard InChI is InChI=1S/C54H38N4/c55-36-38-18-14-19-39(32-38)50(31-30-37-16-4-1-5-17-37)57-53(56)40-20-15-25-43(33-40)58-51-29-13-11-27-45(51)47-34-49-46(35-52(47)58)44-26-10-12-28-48(44)54(49,41-21-6-2-7-22-41)42-23-8-3-9-24-42/h1-35,53H,56H2/b31-30+,57-50+. The molecule has 1 unspecified atom stereocenters. The highest BCUT2D eigenvalue weighted by Crippen LogP contribution is 2.57. The average Bonchev–Trinajstić information content (AvgIpc) is 3.78. The summed E-state index contributed by atoms with van der Waals surface area (Å²) < 4.78 is 2.37. The van der Waals surface area contributed by atoms with Crippen molar-refractivity contribution in [3.8, 4) is 22.9 Å². The molecule has 0 aliphatic heterocycles. The Labute approximate surface area is 338 Å². The van der Waals surface area contributed by atoms with Gasteiger partial charge in [-0.2, -0.15) is 5.26 Å². The van der Waals surface area contributed by atoms with Crippen LogP contribution < -0.4 is 5.73 Å². The average molecular weight is 743 g/mol. The molecule has 8 aromatic carbocycles. The molecule has 4 heteroatoms. The summed E-state index contributed by atoms with van der Waals surface area (Å²) in [6, 6.07) is 72.6. The van der Waals surface area contributed by atoms with Gasteiger partial charge in [0.15, 0.2) is 0 Å². The first-order chi connectivity index (χ1) is 28.6. The van der Waals surface area contributed by atoms with Gasteiger partial charge >= 0.3 is 0 Å². The van der Waals surface area contributed by atoms with Crippen LogP contribution in [0.15, 0.2) is 211 Å². The van der Waals surface area contributed by atoms with Gasteiger partial charge in [0.25, 0.3) is 0 Å².